The normalized spacial score (nSPS) is 10.4. The van der Waals surface area contributed by atoms with Crippen molar-refractivity contribution in [1.29, 1.82) is 0 Å². The summed E-state index contributed by atoms with van der Waals surface area (Å²) >= 11 is 0. The molecule has 0 bridgehead atoms. The van der Waals surface area contributed by atoms with Crippen LogP contribution < -0.4 is 10.6 Å². The third-order valence-corrected chi connectivity index (χ3v) is 2.86. The molecule has 0 fully saturated rings. The molecule has 2 N–H and O–H groups in total. The molecule has 8 heteroatoms. The summed E-state index contributed by atoms with van der Waals surface area (Å²) in [4.78, 5) is 42.7. The van der Waals surface area contributed by atoms with E-state index in [1.54, 1.807) is 6.07 Å². The molecule has 0 aliphatic rings. The number of urea groups is 1. The molecule has 1 aromatic heterocycles. The topological polar surface area (TPSA) is 110 Å². The summed E-state index contributed by atoms with van der Waals surface area (Å²) < 4.78 is 4.73. The molecule has 25 heavy (non-hydrogen) atoms. The van der Waals surface area contributed by atoms with Crippen molar-refractivity contribution in [3.05, 3.63) is 54.9 Å². The number of imide groups is 1. The van der Waals surface area contributed by atoms with Gasteiger partial charge in [0, 0.05) is 12.6 Å². The smallest absolute Gasteiger partial charge is 0.331 e. The molecule has 1 aromatic carbocycles. The third kappa shape index (κ3) is 5.87. The molecule has 2 rings (SSSR count). The van der Waals surface area contributed by atoms with E-state index in [0.717, 1.165) is 11.6 Å². The van der Waals surface area contributed by atoms with E-state index in [-0.39, 0.29) is 6.54 Å². The van der Waals surface area contributed by atoms with Gasteiger partial charge < -0.3 is 10.1 Å². The van der Waals surface area contributed by atoms with Crippen molar-refractivity contribution < 1.29 is 19.1 Å². The SMILES string of the molecule is C=CCNC(=O)NC(=O)COC(=O)/C=C/c1cnc2ccccc2n1. The van der Waals surface area contributed by atoms with Crippen molar-refractivity contribution in [3.8, 4) is 0 Å². The number of carbonyl (C=O) groups is 3. The Kier molecular flexibility index (Phi) is 6.35. The number of benzene rings is 1. The second kappa shape index (κ2) is 8.92. The lowest BCUT2D eigenvalue weighted by molar-refractivity contribution is -0.143. The van der Waals surface area contributed by atoms with Crippen LogP contribution >= 0.6 is 0 Å². The van der Waals surface area contributed by atoms with E-state index in [0.29, 0.717) is 11.2 Å². The van der Waals surface area contributed by atoms with Crippen LogP contribution in [0.25, 0.3) is 17.1 Å². The molecule has 0 aliphatic heterocycles. The molecule has 1 heterocycles. The summed E-state index contributed by atoms with van der Waals surface area (Å²) in [6, 6.07) is 6.63. The molecule has 8 nitrogen and oxygen atoms in total. The van der Waals surface area contributed by atoms with E-state index in [4.69, 9.17) is 4.74 Å². The second-order valence-electron chi connectivity index (χ2n) is 4.77. The lowest BCUT2D eigenvalue weighted by atomic mass is 10.3. The molecular weight excluding hydrogens is 324 g/mol. The number of hydrogen-bond donors (Lipinski definition) is 2. The molecule has 0 aliphatic carbocycles. The van der Waals surface area contributed by atoms with E-state index in [1.807, 2.05) is 23.5 Å². The highest BCUT2D eigenvalue weighted by molar-refractivity contribution is 5.96. The van der Waals surface area contributed by atoms with Crippen molar-refractivity contribution in [3.63, 3.8) is 0 Å². The number of ether oxygens (including phenoxy) is 1. The molecule has 0 radical (unpaired) electrons. The van der Waals surface area contributed by atoms with Crippen LogP contribution in [0.4, 0.5) is 4.79 Å². The highest BCUT2D eigenvalue weighted by Gasteiger charge is 2.08. The van der Waals surface area contributed by atoms with Gasteiger partial charge in [0.1, 0.15) is 0 Å². The standard InChI is InChI=1S/C17H16N4O4/c1-2-9-18-17(24)21-15(22)11-25-16(23)8-7-12-10-19-13-5-3-4-6-14(13)20-12/h2-8,10H,1,9,11H2,(H2,18,21,22,24)/b8-7+. The van der Waals surface area contributed by atoms with Crippen LogP contribution in [-0.2, 0) is 14.3 Å². The van der Waals surface area contributed by atoms with E-state index >= 15 is 0 Å². The van der Waals surface area contributed by atoms with Gasteiger partial charge in [0.15, 0.2) is 6.61 Å². The Balaban J connectivity index is 1.82. The third-order valence-electron chi connectivity index (χ3n) is 2.86. The Morgan fingerprint density at radius 3 is 2.72 bits per heavy atom. The number of rotatable bonds is 6. The lowest BCUT2D eigenvalue weighted by Crippen LogP contribution is -2.41. The Hall–Kier alpha value is -3.55. The molecule has 128 valence electrons. The van der Waals surface area contributed by atoms with Gasteiger partial charge in [-0.25, -0.2) is 14.6 Å². The van der Waals surface area contributed by atoms with Gasteiger partial charge in [-0.15, -0.1) is 6.58 Å². The van der Waals surface area contributed by atoms with Gasteiger partial charge in [0.25, 0.3) is 5.91 Å². The van der Waals surface area contributed by atoms with E-state index < -0.39 is 24.5 Å². The summed E-state index contributed by atoms with van der Waals surface area (Å²) in [6.45, 7) is 3.06. The molecule has 0 unspecified atom stereocenters. The first-order valence-corrected chi connectivity index (χ1v) is 7.33. The maximum Gasteiger partial charge on any atom is 0.331 e. The number of aromatic nitrogens is 2. The minimum atomic E-state index is -0.742. The van der Waals surface area contributed by atoms with Gasteiger partial charge >= 0.3 is 12.0 Å². The van der Waals surface area contributed by atoms with Crippen molar-refractivity contribution in [2.75, 3.05) is 13.2 Å². The average molecular weight is 340 g/mol. The van der Waals surface area contributed by atoms with Crippen LogP contribution in [-0.4, -0.2) is 41.0 Å². The fourth-order valence-electron chi connectivity index (χ4n) is 1.76. The number of carbonyl (C=O) groups excluding carboxylic acids is 3. The minimum absolute atomic E-state index is 0.217. The van der Waals surface area contributed by atoms with Crippen LogP contribution in [0, 0.1) is 0 Å². The molecule has 0 saturated carbocycles. The van der Waals surface area contributed by atoms with Gasteiger partial charge in [-0.3, -0.25) is 15.1 Å². The first-order valence-electron chi connectivity index (χ1n) is 7.33. The lowest BCUT2D eigenvalue weighted by Gasteiger charge is -2.04. The number of esters is 1. The van der Waals surface area contributed by atoms with Crippen molar-refractivity contribution in [2.24, 2.45) is 0 Å². The van der Waals surface area contributed by atoms with E-state index in [1.165, 1.54) is 18.3 Å². The average Bonchev–Trinajstić information content (AvgIpc) is 2.62. The van der Waals surface area contributed by atoms with Crippen LogP contribution in [0.3, 0.4) is 0 Å². The largest absolute Gasteiger partial charge is 0.452 e. The Bertz CT molecular complexity index is 832. The molecule has 0 atom stereocenters. The Morgan fingerprint density at radius 1 is 1.20 bits per heavy atom. The number of para-hydroxylation sites is 2. The molecular formula is C17H16N4O4. The van der Waals surface area contributed by atoms with E-state index in [2.05, 4.69) is 21.9 Å². The number of nitrogens with zero attached hydrogens (tertiary/aromatic N) is 2. The minimum Gasteiger partial charge on any atom is -0.452 e. The van der Waals surface area contributed by atoms with Gasteiger partial charge in [-0.05, 0) is 18.2 Å². The van der Waals surface area contributed by atoms with Gasteiger partial charge in [0.05, 0.1) is 22.9 Å². The molecule has 2 aromatic rings. The fraction of sp³-hybridized carbons (Fsp3) is 0.118. The van der Waals surface area contributed by atoms with Crippen LogP contribution in [0.15, 0.2) is 49.2 Å². The maximum absolute atomic E-state index is 11.6. The van der Waals surface area contributed by atoms with Crippen LogP contribution in [0.1, 0.15) is 5.69 Å². The maximum atomic E-state index is 11.6. The highest BCUT2D eigenvalue weighted by Crippen LogP contribution is 2.09. The number of nitrogens with one attached hydrogen (secondary N) is 2. The van der Waals surface area contributed by atoms with Crippen molar-refractivity contribution >= 4 is 35.0 Å². The fourth-order valence-corrected chi connectivity index (χ4v) is 1.76. The summed E-state index contributed by atoms with van der Waals surface area (Å²) in [6.07, 6.45) is 5.54. The van der Waals surface area contributed by atoms with Gasteiger partial charge in [-0.2, -0.15) is 0 Å². The van der Waals surface area contributed by atoms with Gasteiger partial charge in [-0.1, -0.05) is 18.2 Å². The zero-order valence-electron chi connectivity index (χ0n) is 13.3. The predicted octanol–water partition coefficient (Wildman–Crippen LogP) is 1.20. The molecule has 0 spiro atoms. The zero-order chi connectivity index (χ0) is 18.1. The summed E-state index contributed by atoms with van der Waals surface area (Å²) in [7, 11) is 0. The number of fused-ring (bicyclic) bond motifs is 1. The van der Waals surface area contributed by atoms with Crippen molar-refractivity contribution in [1.82, 2.24) is 20.6 Å². The first kappa shape index (κ1) is 17.8. The summed E-state index contributed by atoms with van der Waals surface area (Å²) in [5.74, 6) is -1.48. The zero-order valence-corrected chi connectivity index (χ0v) is 13.3. The number of amides is 3. The van der Waals surface area contributed by atoms with Crippen LogP contribution in [0.2, 0.25) is 0 Å². The Morgan fingerprint density at radius 2 is 1.96 bits per heavy atom. The highest BCUT2D eigenvalue weighted by atomic mass is 16.5. The second-order valence-corrected chi connectivity index (χ2v) is 4.77. The molecule has 3 amide bonds. The van der Waals surface area contributed by atoms with Crippen LogP contribution in [0.5, 0.6) is 0 Å². The number of hydrogen-bond acceptors (Lipinski definition) is 6. The quantitative estimate of drug-likeness (QED) is 0.464. The Labute approximate surface area is 143 Å². The van der Waals surface area contributed by atoms with Crippen molar-refractivity contribution in [2.45, 2.75) is 0 Å². The summed E-state index contributed by atoms with van der Waals surface area (Å²) in [5, 5.41) is 4.36. The predicted molar refractivity (Wildman–Crippen MR) is 91.3 cm³/mol. The molecule has 0 saturated heterocycles. The summed E-state index contributed by atoms with van der Waals surface area (Å²) in [5.41, 5.74) is 1.92. The van der Waals surface area contributed by atoms with Gasteiger partial charge in [0.2, 0.25) is 0 Å². The first-order chi connectivity index (χ1) is 12.1. The van der Waals surface area contributed by atoms with E-state index in [9.17, 15) is 14.4 Å². The monoisotopic (exact) mass is 340 g/mol.